The summed E-state index contributed by atoms with van der Waals surface area (Å²) in [5.74, 6) is 0.0693. The van der Waals surface area contributed by atoms with Crippen LogP contribution in [0.2, 0.25) is 0 Å². The van der Waals surface area contributed by atoms with Crippen molar-refractivity contribution in [1.29, 1.82) is 0 Å². The number of amides is 1. The molecule has 1 unspecified atom stereocenters. The Labute approximate surface area is 199 Å². The van der Waals surface area contributed by atoms with Crippen LogP contribution >= 0.6 is 11.8 Å². The molecule has 0 radical (unpaired) electrons. The minimum absolute atomic E-state index is 0.276. The van der Waals surface area contributed by atoms with Crippen LogP contribution in [0.1, 0.15) is 18.1 Å². The second kappa shape index (κ2) is 10.1. The van der Waals surface area contributed by atoms with Gasteiger partial charge in [-0.25, -0.2) is 0 Å². The average Bonchev–Trinajstić information content (AvgIpc) is 3.22. The third-order valence-corrected chi connectivity index (χ3v) is 6.35. The second-order valence-corrected chi connectivity index (χ2v) is 9.16. The van der Waals surface area contributed by atoms with E-state index in [4.69, 9.17) is 4.74 Å². The maximum absolute atomic E-state index is 13.3. The number of anilines is 2. The van der Waals surface area contributed by atoms with E-state index in [1.807, 2.05) is 35.8 Å². The van der Waals surface area contributed by atoms with Gasteiger partial charge < -0.3 is 15.0 Å². The maximum Gasteiger partial charge on any atom is 0.418 e. The molecule has 1 atom stereocenters. The molecule has 2 aromatic carbocycles. The fourth-order valence-electron chi connectivity index (χ4n) is 3.59. The van der Waals surface area contributed by atoms with Gasteiger partial charge in [-0.1, -0.05) is 36.0 Å². The molecule has 180 valence electrons. The van der Waals surface area contributed by atoms with Crippen molar-refractivity contribution in [2.24, 2.45) is 0 Å². The van der Waals surface area contributed by atoms with Crippen molar-refractivity contribution in [3.8, 4) is 5.69 Å². The zero-order chi connectivity index (χ0) is 24.3. The first-order chi connectivity index (χ1) is 16.2. The summed E-state index contributed by atoms with van der Waals surface area (Å²) in [4.78, 5) is 14.9. The Morgan fingerprint density at radius 2 is 1.85 bits per heavy atom. The van der Waals surface area contributed by atoms with Gasteiger partial charge in [-0.05, 0) is 43.7 Å². The van der Waals surface area contributed by atoms with E-state index in [1.165, 1.54) is 18.2 Å². The summed E-state index contributed by atoms with van der Waals surface area (Å²) in [5.41, 5.74) is 0.716. The summed E-state index contributed by atoms with van der Waals surface area (Å²) < 4.78 is 47.2. The molecule has 1 fully saturated rings. The van der Waals surface area contributed by atoms with Gasteiger partial charge in [-0.2, -0.15) is 13.2 Å². The number of benzene rings is 2. The molecule has 0 aliphatic carbocycles. The van der Waals surface area contributed by atoms with Crippen LogP contribution in [-0.2, 0) is 15.7 Å². The first kappa shape index (κ1) is 24.1. The number of ether oxygens (including phenoxy) is 1. The monoisotopic (exact) mass is 491 g/mol. The number of aromatic nitrogens is 3. The molecule has 4 rings (SSSR count). The van der Waals surface area contributed by atoms with Gasteiger partial charge in [-0.3, -0.25) is 9.36 Å². The van der Waals surface area contributed by atoms with E-state index >= 15 is 0 Å². The lowest BCUT2D eigenvalue weighted by Gasteiger charge is -2.28. The first-order valence-corrected chi connectivity index (χ1v) is 11.6. The number of alkyl halides is 3. The Hall–Kier alpha value is -3.05. The normalized spacial score (nSPS) is 15.3. The van der Waals surface area contributed by atoms with E-state index in [-0.39, 0.29) is 5.69 Å². The standard InChI is InChI=1S/C23H24F3N5O2S/c1-15-6-5-7-17(14-15)31-21(30-10-12-33-13-11-30)28-29-22(31)34-16(2)20(32)27-19-9-4-3-8-18(19)23(24,25)26/h3-9,14,16H,10-13H2,1-2H3,(H,27,32). The van der Waals surface area contributed by atoms with Crippen LogP contribution in [0, 0.1) is 6.92 Å². The van der Waals surface area contributed by atoms with E-state index in [1.54, 1.807) is 6.92 Å². The number of nitrogens with zero attached hydrogens (tertiary/aromatic N) is 4. The Kier molecular flexibility index (Phi) is 7.13. The highest BCUT2D eigenvalue weighted by Gasteiger charge is 2.34. The van der Waals surface area contributed by atoms with Crippen molar-refractivity contribution < 1.29 is 22.7 Å². The van der Waals surface area contributed by atoms with Crippen molar-refractivity contribution in [3.05, 3.63) is 59.7 Å². The predicted molar refractivity (Wildman–Crippen MR) is 125 cm³/mol. The molecular formula is C23H24F3N5O2S. The van der Waals surface area contributed by atoms with Gasteiger partial charge in [0, 0.05) is 13.1 Å². The molecule has 2 heterocycles. The number of halogens is 3. The van der Waals surface area contributed by atoms with Crippen LogP contribution in [-0.4, -0.2) is 52.2 Å². The Morgan fingerprint density at radius 1 is 1.12 bits per heavy atom. The summed E-state index contributed by atoms with van der Waals surface area (Å²) in [5, 5.41) is 10.8. The summed E-state index contributed by atoms with van der Waals surface area (Å²) in [6.45, 7) is 6.04. The summed E-state index contributed by atoms with van der Waals surface area (Å²) in [6, 6.07) is 12.7. The number of carbonyl (C=O) groups excluding carboxylic acids is 1. The quantitative estimate of drug-likeness (QED) is 0.510. The molecule has 34 heavy (non-hydrogen) atoms. The maximum atomic E-state index is 13.3. The molecule has 1 aromatic heterocycles. The number of carbonyl (C=O) groups is 1. The molecular weight excluding hydrogens is 467 g/mol. The number of morpholine rings is 1. The molecule has 7 nitrogen and oxygen atoms in total. The predicted octanol–water partition coefficient (Wildman–Crippen LogP) is 4.55. The number of rotatable bonds is 6. The summed E-state index contributed by atoms with van der Waals surface area (Å²) in [7, 11) is 0. The summed E-state index contributed by atoms with van der Waals surface area (Å²) in [6.07, 6.45) is -4.57. The first-order valence-electron chi connectivity index (χ1n) is 10.7. The molecule has 3 aromatic rings. The molecule has 0 saturated carbocycles. The van der Waals surface area contributed by atoms with Gasteiger partial charge in [0.1, 0.15) is 0 Å². The lowest BCUT2D eigenvalue weighted by Crippen LogP contribution is -2.38. The fourth-order valence-corrected chi connectivity index (χ4v) is 4.45. The van der Waals surface area contributed by atoms with Crippen LogP contribution in [0.5, 0.6) is 0 Å². The van der Waals surface area contributed by atoms with E-state index < -0.39 is 22.9 Å². The van der Waals surface area contributed by atoms with Gasteiger partial charge in [0.05, 0.1) is 35.4 Å². The molecule has 1 amide bonds. The third kappa shape index (κ3) is 5.36. The van der Waals surface area contributed by atoms with E-state index in [0.29, 0.717) is 37.4 Å². The Morgan fingerprint density at radius 3 is 2.56 bits per heavy atom. The average molecular weight is 492 g/mol. The minimum atomic E-state index is -4.57. The molecule has 0 spiro atoms. The summed E-state index contributed by atoms with van der Waals surface area (Å²) >= 11 is 1.13. The van der Waals surface area contributed by atoms with Gasteiger partial charge in [0.15, 0.2) is 5.16 Å². The van der Waals surface area contributed by atoms with E-state index in [9.17, 15) is 18.0 Å². The van der Waals surface area contributed by atoms with Crippen molar-refractivity contribution in [2.75, 3.05) is 36.5 Å². The number of aryl methyl sites for hydroxylation is 1. The SMILES string of the molecule is Cc1cccc(-n2c(SC(C)C(=O)Nc3ccccc3C(F)(F)F)nnc2N2CCOCC2)c1. The Balaban J connectivity index is 1.60. The van der Waals surface area contributed by atoms with Crippen molar-refractivity contribution in [3.63, 3.8) is 0 Å². The second-order valence-electron chi connectivity index (χ2n) is 7.85. The highest BCUT2D eigenvalue weighted by molar-refractivity contribution is 8.00. The van der Waals surface area contributed by atoms with Crippen molar-refractivity contribution >= 4 is 29.3 Å². The third-order valence-electron chi connectivity index (χ3n) is 5.31. The molecule has 1 aliphatic heterocycles. The molecule has 1 N–H and O–H groups in total. The lowest BCUT2D eigenvalue weighted by molar-refractivity contribution is -0.137. The zero-order valence-corrected chi connectivity index (χ0v) is 19.5. The lowest BCUT2D eigenvalue weighted by atomic mass is 10.1. The van der Waals surface area contributed by atoms with Gasteiger partial charge >= 0.3 is 6.18 Å². The minimum Gasteiger partial charge on any atom is -0.378 e. The number of nitrogens with one attached hydrogen (secondary N) is 1. The smallest absolute Gasteiger partial charge is 0.378 e. The zero-order valence-electron chi connectivity index (χ0n) is 18.7. The molecule has 1 aliphatic rings. The number of thioether (sulfide) groups is 1. The molecule has 0 bridgehead atoms. The fraction of sp³-hybridized carbons (Fsp3) is 0.348. The molecule has 1 saturated heterocycles. The van der Waals surface area contributed by atoms with Crippen LogP contribution in [0.3, 0.4) is 0 Å². The van der Waals surface area contributed by atoms with Gasteiger partial charge in [0.25, 0.3) is 0 Å². The molecule has 11 heteroatoms. The number of hydrogen-bond acceptors (Lipinski definition) is 6. The van der Waals surface area contributed by atoms with Gasteiger partial charge in [-0.15, -0.1) is 10.2 Å². The van der Waals surface area contributed by atoms with Gasteiger partial charge in [0.2, 0.25) is 11.9 Å². The van der Waals surface area contributed by atoms with Crippen LogP contribution in [0.25, 0.3) is 5.69 Å². The number of para-hydroxylation sites is 1. The van der Waals surface area contributed by atoms with Crippen LogP contribution in [0.15, 0.2) is 53.7 Å². The topological polar surface area (TPSA) is 72.3 Å². The highest BCUT2D eigenvalue weighted by atomic mass is 32.2. The van der Waals surface area contributed by atoms with Crippen LogP contribution in [0.4, 0.5) is 24.8 Å². The Bertz CT molecular complexity index is 1160. The largest absolute Gasteiger partial charge is 0.418 e. The van der Waals surface area contributed by atoms with E-state index in [2.05, 4.69) is 20.4 Å². The van der Waals surface area contributed by atoms with Crippen molar-refractivity contribution in [1.82, 2.24) is 14.8 Å². The number of hydrogen-bond donors (Lipinski definition) is 1. The highest BCUT2D eigenvalue weighted by Crippen LogP contribution is 2.35. The van der Waals surface area contributed by atoms with E-state index in [0.717, 1.165) is 29.1 Å². The van der Waals surface area contributed by atoms with Crippen LogP contribution < -0.4 is 10.2 Å². The van der Waals surface area contributed by atoms with Crippen molar-refractivity contribution in [2.45, 2.75) is 30.4 Å².